The van der Waals surface area contributed by atoms with Crippen molar-refractivity contribution in [2.75, 3.05) is 17.2 Å². The topological polar surface area (TPSA) is 228 Å². The van der Waals surface area contributed by atoms with E-state index in [1.165, 1.54) is 59.0 Å². The van der Waals surface area contributed by atoms with Crippen LogP contribution in [0.4, 0.5) is 5.13 Å². The average Bonchev–Trinajstić information content (AvgIpc) is 3.84. The molecule has 0 bridgehead atoms. The number of thiazole rings is 2. The molecule has 49 heavy (non-hydrogen) atoms. The van der Waals surface area contributed by atoms with E-state index in [0.717, 1.165) is 32.6 Å². The summed E-state index contributed by atoms with van der Waals surface area (Å²) in [6.07, 6.45) is 7.09. The van der Waals surface area contributed by atoms with E-state index in [2.05, 4.69) is 30.4 Å². The summed E-state index contributed by atoms with van der Waals surface area (Å²) in [4.78, 5) is 74.1. The van der Waals surface area contributed by atoms with Crippen LogP contribution in [0.1, 0.15) is 25.2 Å². The monoisotopic (exact) mass is 741 g/mol. The lowest BCUT2D eigenvalue weighted by molar-refractivity contribution is -0.161. The number of rotatable bonds is 13. The van der Waals surface area contributed by atoms with Crippen LogP contribution in [0.15, 0.2) is 68.6 Å². The third-order valence-electron chi connectivity index (χ3n) is 7.23. The lowest BCUT2D eigenvalue weighted by Gasteiger charge is -2.49. The number of hydrogen-bond acceptors (Lipinski definition) is 15. The number of fused-ring (bicyclic) bond motifs is 1. The molecular formula is C29H27N9O7S4. The number of nitrogens with one attached hydrogen (secondary N) is 1. The lowest BCUT2D eigenvalue weighted by atomic mass is 10.0. The number of aromatic nitrogens is 5. The van der Waals surface area contributed by atoms with Gasteiger partial charge in [-0.3, -0.25) is 19.5 Å². The highest BCUT2D eigenvalue weighted by Crippen LogP contribution is 2.42. The second-order valence-corrected chi connectivity index (χ2v) is 15.2. The van der Waals surface area contributed by atoms with Crippen LogP contribution in [0.25, 0.3) is 11.3 Å². The zero-order valence-corrected chi connectivity index (χ0v) is 28.9. The molecular weight excluding hydrogens is 715 g/mol. The fraction of sp³-hybridized carbons (Fsp3) is 0.276. The third kappa shape index (κ3) is 7.31. The molecule has 4 aromatic rings. The van der Waals surface area contributed by atoms with E-state index in [1.54, 1.807) is 18.7 Å². The fourth-order valence-electron chi connectivity index (χ4n) is 4.68. The highest BCUT2D eigenvalue weighted by Gasteiger charge is 2.54. The zero-order chi connectivity index (χ0) is 34.9. The number of nitrogens with two attached hydrogens (primary N) is 1. The second-order valence-electron chi connectivity index (χ2n) is 11.1. The Labute approximate surface area is 294 Å². The zero-order valence-electron chi connectivity index (χ0n) is 25.7. The molecule has 0 unspecified atom stereocenters. The Morgan fingerprint density at radius 2 is 2.04 bits per heavy atom. The van der Waals surface area contributed by atoms with Crippen LogP contribution in [0.3, 0.4) is 0 Å². The molecule has 2 atom stereocenters. The number of thioether (sulfide) groups is 2. The molecule has 6 rings (SSSR count). The summed E-state index contributed by atoms with van der Waals surface area (Å²) in [5.41, 5.74) is 6.54. The number of nitrogen functional groups attached to an aromatic ring is 1. The number of aliphatic carboxylic acids is 2. The van der Waals surface area contributed by atoms with Gasteiger partial charge in [-0.1, -0.05) is 16.9 Å². The molecule has 0 aromatic carbocycles. The van der Waals surface area contributed by atoms with Gasteiger partial charge in [0.05, 0.1) is 24.3 Å². The molecule has 2 amide bonds. The van der Waals surface area contributed by atoms with Crippen LogP contribution in [-0.4, -0.2) is 97.6 Å². The first-order chi connectivity index (χ1) is 23.4. The Kier molecular flexibility index (Phi) is 9.72. The maximum absolute atomic E-state index is 13.3. The van der Waals surface area contributed by atoms with Crippen LogP contribution in [-0.2, 0) is 30.6 Å². The number of imidazole rings is 1. The summed E-state index contributed by atoms with van der Waals surface area (Å²) in [5, 5.41) is 28.6. The van der Waals surface area contributed by atoms with E-state index in [4.69, 9.17) is 10.6 Å². The third-order valence-corrected chi connectivity index (χ3v) is 11.4. The van der Waals surface area contributed by atoms with Gasteiger partial charge in [-0.25, -0.2) is 24.5 Å². The summed E-state index contributed by atoms with van der Waals surface area (Å²) in [6.45, 7) is 3.01. The predicted molar refractivity (Wildman–Crippen MR) is 183 cm³/mol. The maximum Gasteiger partial charge on any atom is 0.352 e. The molecule has 0 aliphatic carbocycles. The number of oxime groups is 1. The molecule has 2 aliphatic rings. The lowest BCUT2D eigenvalue weighted by Crippen LogP contribution is -2.71. The quantitative estimate of drug-likeness (QED) is 0.0669. The number of amides is 2. The Morgan fingerprint density at radius 3 is 2.73 bits per heavy atom. The van der Waals surface area contributed by atoms with E-state index in [1.807, 2.05) is 28.3 Å². The van der Waals surface area contributed by atoms with Gasteiger partial charge in [0, 0.05) is 46.4 Å². The summed E-state index contributed by atoms with van der Waals surface area (Å²) in [6, 6.07) is 2.71. The number of nitrogens with zero attached hydrogens (tertiary/aromatic N) is 7. The van der Waals surface area contributed by atoms with E-state index in [-0.39, 0.29) is 22.2 Å². The van der Waals surface area contributed by atoms with Crippen molar-refractivity contribution in [3.63, 3.8) is 0 Å². The van der Waals surface area contributed by atoms with Crippen LogP contribution >= 0.6 is 46.2 Å². The highest BCUT2D eigenvalue weighted by molar-refractivity contribution is 8.01. The molecule has 2 aliphatic heterocycles. The van der Waals surface area contributed by atoms with Crippen molar-refractivity contribution in [1.82, 2.24) is 34.7 Å². The van der Waals surface area contributed by atoms with Gasteiger partial charge in [-0.05, 0) is 31.6 Å². The fourth-order valence-corrected chi connectivity index (χ4v) is 8.55. The van der Waals surface area contributed by atoms with Gasteiger partial charge in [0.25, 0.3) is 11.8 Å². The summed E-state index contributed by atoms with van der Waals surface area (Å²) in [5.74, 6) is -3.45. The van der Waals surface area contributed by atoms with E-state index < -0.39 is 40.8 Å². The Hall–Kier alpha value is -4.79. The molecule has 16 nitrogen and oxygen atoms in total. The molecule has 0 spiro atoms. The highest BCUT2D eigenvalue weighted by atomic mass is 32.2. The summed E-state index contributed by atoms with van der Waals surface area (Å²) >= 11 is 5.16. The van der Waals surface area contributed by atoms with Crippen molar-refractivity contribution < 1.29 is 34.2 Å². The molecule has 6 heterocycles. The first kappa shape index (κ1) is 34.1. The second kappa shape index (κ2) is 14.0. The van der Waals surface area contributed by atoms with Crippen molar-refractivity contribution in [1.29, 1.82) is 0 Å². The van der Waals surface area contributed by atoms with Crippen LogP contribution < -0.4 is 11.1 Å². The molecule has 5 N–H and O–H groups in total. The summed E-state index contributed by atoms with van der Waals surface area (Å²) in [7, 11) is 0. The normalized spacial score (nSPS) is 17.8. The van der Waals surface area contributed by atoms with E-state index >= 15 is 0 Å². The SMILES string of the molecule is CC(C)(O/N=C(\C(=O)N[C@@H]1C(=O)N2C(C(=O)O)=C(CSc3nc(Cn4cnc(-c5cccnc5)c4)cs3)CS[C@H]12)c1csc(N)n1)C(=O)O. The van der Waals surface area contributed by atoms with Gasteiger partial charge in [-0.2, -0.15) is 0 Å². The van der Waals surface area contributed by atoms with Crippen molar-refractivity contribution in [2.24, 2.45) is 5.16 Å². The largest absolute Gasteiger partial charge is 0.478 e. The molecule has 0 saturated carbocycles. The predicted octanol–water partition coefficient (Wildman–Crippen LogP) is 2.60. The first-order valence-electron chi connectivity index (χ1n) is 14.3. The van der Waals surface area contributed by atoms with Gasteiger partial charge < -0.3 is 30.7 Å². The minimum Gasteiger partial charge on any atom is -0.478 e. The Bertz CT molecular complexity index is 1990. The first-order valence-corrected chi connectivity index (χ1v) is 18.1. The van der Waals surface area contributed by atoms with Crippen molar-refractivity contribution in [3.05, 3.63) is 70.5 Å². The Balaban J connectivity index is 1.11. The minimum absolute atomic E-state index is 0.0244. The minimum atomic E-state index is -1.77. The molecule has 1 fully saturated rings. The number of anilines is 1. The number of hydrogen-bond donors (Lipinski definition) is 4. The van der Waals surface area contributed by atoms with Gasteiger partial charge in [0.2, 0.25) is 5.60 Å². The van der Waals surface area contributed by atoms with Crippen molar-refractivity contribution in [3.8, 4) is 11.3 Å². The molecule has 0 radical (unpaired) electrons. The number of β-lactam (4-membered cyclic amide) rings is 1. The molecule has 20 heteroatoms. The van der Waals surface area contributed by atoms with Crippen molar-refractivity contribution in [2.45, 2.75) is 41.7 Å². The number of carbonyl (C=O) groups excluding carboxylic acids is 2. The molecule has 4 aromatic heterocycles. The van der Waals surface area contributed by atoms with Gasteiger partial charge in [0.15, 0.2) is 15.2 Å². The van der Waals surface area contributed by atoms with Crippen LogP contribution in [0.2, 0.25) is 0 Å². The van der Waals surface area contributed by atoms with Gasteiger partial charge in [0.1, 0.15) is 22.8 Å². The molecule has 254 valence electrons. The smallest absolute Gasteiger partial charge is 0.352 e. The number of carboxylic acids is 2. The van der Waals surface area contributed by atoms with E-state index in [0.29, 0.717) is 23.6 Å². The van der Waals surface area contributed by atoms with Gasteiger partial charge in [-0.15, -0.1) is 34.4 Å². The van der Waals surface area contributed by atoms with Gasteiger partial charge >= 0.3 is 11.9 Å². The number of pyridine rings is 1. The molecule has 1 saturated heterocycles. The average molecular weight is 742 g/mol. The Morgan fingerprint density at radius 1 is 1.22 bits per heavy atom. The van der Waals surface area contributed by atoms with E-state index in [9.17, 15) is 29.4 Å². The number of carbonyl (C=O) groups is 4. The standard InChI is InChI=1S/C29H27N9O7S4/c1-29(2,26(43)44)45-36-19(18-12-47-27(30)34-18)22(39)35-20-23(40)38-21(25(41)42)15(9-46-24(20)38)10-48-28-33-16(11-49-28)7-37-8-17(32-13-37)14-4-3-5-31-6-14/h3-6,8,11-13,20,24H,7,9-10H2,1-2H3,(H2,30,34)(H,35,39)(H,41,42)(H,43,44)/b36-19-/t20-,24-/m1/s1. The van der Waals surface area contributed by atoms with Crippen LogP contribution in [0.5, 0.6) is 0 Å². The maximum atomic E-state index is 13.3. The summed E-state index contributed by atoms with van der Waals surface area (Å²) < 4.78 is 2.67. The van der Waals surface area contributed by atoms with Crippen LogP contribution in [0, 0.1) is 0 Å². The number of carboxylic acid groups (broad SMARTS) is 2. The van der Waals surface area contributed by atoms with Crippen molar-refractivity contribution >= 4 is 80.8 Å².